The summed E-state index contributed by atoms with van der Waals surface area (Å²) in [6, 6.07) is 5.08. The number of carbonyl (C=O) groups is 2. The van der Waals surface area contributed by atoms with Crippen molar-refractivity contribution in [2.24, 2.45) is 0 Å². The zero-order valence-electron chi connectivity index (χ0n) is 14.8. The average molecular weight is 336 g/mol. The van der Waals surface area contributed by atoms with E-state index in [9.17, 15) is 14.4 Å². The predicted molar refractivity (Wildman–Crippen MR) is 104 cm³/mol. The minimum absolute atomic E-state index is 0.289. The van der Waals surface area contributed by atoms with Crippen molar-refractivity contribution in [3.05, 3.63) is 34.4 Å². The van der Waals surface area contributed by atoms with Crippen LogP contribution in [0.2, 0.25) is 5.21 Å². The molecule has 1 aliphatic heterocycles. The summed E-state index contributed by atoms with van der Waals surface area (Å²) in [7, 11) is 5.24. The topological polar surface area (TPSA) is 107 Å². The Labute approximate surface area is 147 Å². The number of hydrogen-bond acceptors (Lipinski definition) is 5. The first kappa shape index (κ1) is 17.3. The van der Waals surface area contributed by atoms with Gasteiger partial charge in [0.15, 0.2) is 0 Å². The van der Waals surface area contributed by atoms with Gasteiger partial charge in [-0.3, -0.25) is 24.3 Å². The van der Waals surface area contributed by atoms with E-state index in [-0.39, 0.29) is 16.9 Å². The van der Waals surface area contributed by atoms with Crippen molar-refractivity contribution >= 4 is 51.9 Å². The minimum Gasteiger partial charge on any atom is -0.398 e. The molecule has 1 fully saturated rings. The van der Waals surface area contributed by atoms with Gasteiger partial charge in [0, 0.05) is 5.69 Å². The second-order valence-corrected chi connectivity index (χ2v) is 7.48. The van der Waals surface area contributed by atoms with Gasteiger partial charge >= 0.3 is 0 Å². The number of carbonyl (C=O) groups excluding carboxylic acids is 2. The first-order chi connectivity index (χ1) is 11.6. The number of rotatable bonds is 1. The molecule has 1 saturated heterocycles. The third-order valence-electron chi connectivity index (χ3n) is 5.16. The van der Waals surface area contributed by atoms with E-state index in [4.69, 9.17) is 5.73 Å². The Morgan fingerprint density at radius 3 is 2.52 bits per heavy atom. The summed E-state index contributed by atoms with van der Waals surface area (Å²) in [5.74, 6) is -0.419. The molecule has 1 aromatic carbocycles. The fourth-order valence-electron chi connectivity index (χ4n) is 3.35. The first-order valence-corrected chi connectivity index (χ1v) is 8.22. The number of nitrogens with one attached hydrogen (secondary N) is 1. The van der Waals surface area contributed by atoms with Gasteiger partial charge in [0.2, 0.25) is 11.8 Å². The molecule has 126 valence electrons. The van der Waals surface area contributed by atoms with Gasteiger partial charge in [-0.25, -0.2) is 4.98 Å². The monoisotopic (exact) mass is 336 g/mol. The van der Waals surface area contributed by atoms with Crippen LogP contribution in [-0.2, 0) is 15.0 Å². The Balaban J connectivity index is 2.28. The molecule has 1 aromatic heterocycles. The molecule has 0 aliphatic carbocycles. The number of benzene rings is 1. The Morgan fingerprint density at radius 1 is 1.16 bits per heavy atom. The van der Waals surface area contributed by atoms with Gasteiger partial charge in [-0.2, -0.15) is 0 Å². The maximum atomic E-state index is 13.2. The molecule has 25 heavy (non-hydrogen) atoms. The molecule has 7 nitrogen and oxygen atoms in total. The van der Waals surface area contributed by atoms with Crippen molar-refractivity contribution in [2.45, 2.75) is 30.4 Å². The van der Waals surface area contributed by atoms with Crippen molar-refractivity contribution in [2.75, 3.05) is 5.73 Å². The zero-order chi connectivity index (χ0) is 18.6. The largest absolute Gasteiger partial charge is 0.398 e. The van der Waals surface area contributed by atoms with Crippen LogP contribution in [-0.4, -0.2) is 44.9 Å². The van der Waals surface area contributed by atoms with Crippen LogP contribution in [0.1, 0.15) is 18.7 Å². The number of nitrogen functional groups attached to an aromatic ring is 1. The van der Waals surface area contributed by atoms with Crippen molar-refractivity contribution in [1.29, 1.82) is 0 Å². The molecule has 3 N–H and O–H groups in total. The Morgan fingerprint density at radius 2 is 1.84 bits per heavy atom. The number of aryl methyl sites for hydroxylation is 1. The third kappa shape index (κ3) is 2.56. The lowest BCUT2D eigenvalue weighted by molar-refractivity contribution is -0.132. The second-order valence-electron chi connectivity index (χ2n) is 7.48. The highest BCUT2D eigenvalue weighted by atomic mass is 16.2. The summed E-state index contributed by atoms with van der Waals surface area (Å²) in [6.45, 7) is 1.68. The predicted octanol–water partition coefficient (Wildman–Crippen LogP) is -2.61. The summed E-state index contributed by atoms with van der Waals surface area (Å²) in [6.07, 6.45) is 0.813. The van der Waals surface area contributed by atoms with Crippen LogP contribution < -0.4 is 16.6 Å². The third-order valence-corrected chi connectivity index (χ3v) is 5.16. The van der Waals surface area contributed by atoms with E-state index in [2.05, 4.69) is 10.3 Å². The summed E-state index contributed by atoms with van der Waals surface area (Å²) in [5.41, 5.74) is 5.20. The van der Waals surface area contributed by atoms with Gasteiger partial charge in [-0.15, -0.1) is 0 Å². The van der Waals surface area contributed by atoms with Crippen LogP contribution >= 0.6 is 0 Å². The van der Waals surface area contributed by atoms with Crippen LogP contribution in [0.4, 0.5) is 5.69 Å². The number of nitrogens with two attached hydrogens (primary N) is 1. The van der Waals surface area contributed by atoms with E-state index in [1.807, 2.05) is 0 Å². The SMILES string of the molecule is BC1(B)CC[C@@](B)(n2c(C)nc3cccc(N)c3c2=O)C(=O)NC1=O. The maximum Gasteiger partial charge on any atom is 0.263 e. The lowest BCUT2D eigenvalue weighted by Gasteiger charge is -2.31. The Kier molecular flexibility index (Phi) is 3.81. The summed E-state index contributed by atoms with van der Waals surface area (Å²) in [4.78, 5) is 42.7. The molecule has 1 atom stereocenters. The van der Waals surface area contributed by atoms with Crippen LogP contribution in [0, 0.1) is 6.92 Å². The van der Waals surface area contributed by atoms with Gasteiger partial charge in [0.1, 0.15) is 29.4 Å². The normalized spacial score (nSPS) is 23.2. The van der Waals surface area contributed by atoms with Crippen LogP contribution in [0.25, 0.3) is 10.9 Å². The molecule has 0 unspecified atom stereocenters. The molecule has 0 saturated carbocycles. The molecule has 1 aliphatic rings. The van der Waals surface area contributed by atoms with Crippen LogP contribution in [0.15, 0.2) is 23.0 Å². The van der Waals surface area contributed by atoms with E-state index in [1.54, 1.807) is 48.7 Å². The number of anilines is 1. The molecule has 2 amide bonds. The maximum absolute atomic E-state index is 13.2. The fourth-order valence-corrected chi connectivity index (χ4v) is 3.35. The second kappa shape index (κ2) is 5.51. The lowest BCUT2D eigenvalue weighted by Crippen LogP contribution is -2.54. The highest BCUT2D eigenvalue weighted by molar-refractivity contribution is 6.52. The Hall–Kier alpha value is -2.51. The van der Waals surface area contributed by atoms with Gasteiger partial charge in [0.25, 0.3) is 5.56 Å². The van der Waals surface area contributed by atoms with E-state index in [0.29, 0.717) is 29.9 Å². The van der Waals surface area contributed by atoms with Crippen molar-refractivity contribution < 1.29 is 9.59 Å². The molecule has 0 bridgehead atoms. The summed E-state index contributed by atoms with van der Waals surface area (Å²) < 4.78 is 1.37. The van der Waals surface area contributed by atoms with Crippen molar-refractivity contribution in [1.82, 2.24) is 14.9 Å². The molecule has 0 radical (unpaired) electrons. The number of nitrogens with zero attached hydrogens (tertiary/aromatic N) is 2. The number of aromatic nitrogens is 2. The van der Waals surface area contributed by atoms with Crippen molar-refractivity contribution in [3.63, 3.8) is 0 Å². The van der Waals surface area contributed by atoms with Crippen molar-refractivity contribution in [3.8, 4) is 0 Å². The highest BCUT2D eigenvalue weighted by Crippen LogP contribution is 2.33. The molecular formula is C15H19B3N4O3. The van der Waals surface area contributed by atoms with Crippen LogP contribution in [0.3, 0.4) is 0 Å². The van der Waals surface area contributed by atoms with Gasteiger partial charge in [0.05, 0.1) is 16.3 Å². The molecular weight excluding hydrogens is 317 g/mol. The number of amides is 2. The minimum atomic E-state index is -1.21. The molecule has 10 heteroatoms. The van der Waals surface area contributed by atoms with E-state index in [1.165, 1.54) is 4.57 Å². The van der Waals surface area contributed by atoms with Gasteiger partial charge in [-0.1, -0.05) is 12.5 Å². The zero-order valence-corrected chi connectivity index (χ0v) is 14.8. The number of hydrogen-bond donors (Lipinski definition) is 2. The molecule has 2 heterocycles. The molecule has 0 spiro atoms. The van der Waals surface area contributed by atoms with E-state index in [0.717, 1.165) is 0 Å². The number of fused-ring (bicyclic) bond motifs is 1. The lowest BCUT2D eigenvalue weighted by atomic mass is 9.51. The van der Waals surface area contributed by atoms with Crippen LogP contribution in [0.5, 0.6) is 0 Å². The fraction of sp³-hybridized carbons (Fsp3) is 0.333. The quantitative estimate of drug-likeness (QED) is 0.337. The smallest absolute Gasteiger partial charge is 0.263 e. The van der Waals surface area contributed by atoms with E-state index < -0.39 is 16.6 Å². The highest BCUT2D eigenvalue weighted by Gasteiger charge is 2.45. The molecule has 3 rings (SSSR count). The summed E-state index contributed by atoms with van der Waals surface area (Å²) >= 11 is 0. The van der Waals surface area contributed by atoms with Gasteiger partial charge < -0.3 is 5.73 Å². The number of imide groups is 1. The Bertz CT molecular complexity index is 972. The first-order valence-electron chi connectivity index (χ1n) is 8.22. The summed E-state index contributed by atoms with van der Waals surface area (Å²) in [5, 5.41) is 2.04. The van der Waals surface area contributed by atoms with Gasteiger partial charge in [-0.05, 0) is 30.7 Å². The average Bonchev–Trinajstić information content (AvgIpc) is 2.58. The standard InChI is InChI=1S/C15H19B3N4O3/c1-7-20-9-4-2-3-8(19)10(9)11(23)22(7)15(18)6-5-14(16,17)12(24)21-13(15)25/h2-4H,5-6,16-19H2,1H3,(H,21,24,25)/t15-/m1/s1. The van der Waals surface area contributed by atoms with E-state index >= 15 is 0 Å². The molecule has 2 aromatic rings.